The molecule has 0 saturated carbocycles. The maximum atomic E-state index is 10.5. The summed E-state index contributed by atoms with van der Waals surface area (Å²) in [4.78, 5) is 10.5. The van der Waals surface area contributed by atoms with E-state index in [1.54, 1.807) is 0 Å². The third-order valence-corrected chi connectivity index (χ3v) is 3.18. The van der Waals surface area contributed by atoms with Crippen LogP contribution in [0.4, 0.5) is 4.79 Å². The van der Waals surface area contributed by atoms with E-state index in [1.165, 1.54) is 5.56 Å². The molecule has 0 radical (unpaired) electrons. The molecule has 3 N–H and O–H groups in total. The molecular formula is C13H18N2O2. The van der Waals surface area contributed by atoms with Crippen LogP contribution in [-0.2, 0) is 4.74 Å². The van der Waals surface area contributed by atoms with E-state index in [0.29, 0.717) is 18.6 Å². The van der Waals surface area contributed by atoms with Gasteiger partial charge in [0.1, 0.15) is 0 Å². The lowest BCUT2D eigenvalue weighted by molar-refractivity contribution is 0.123. The van der Waals surface area contributed by atoms with E-state index in [2.05, 4.69) is 29.6 Å². The normalized spacial score (nSPS) is 24.2. The van der Waals surface area contributed by atoms with Crippen molar-refractivity contribution < 1.29 is 9.53 Å². The molecule has 2 unspecified atom stereocenters. The highest BCUT2D eigenvalue weighted by atomic mass is 16.5. The molecule has 92 valence electrons. The zero-order valence-corrected chi connectivity index (χ0v) is 9.76. The molecule has 1 heterocycles. The van der Waals surface area contributed by atoms with Crippen molar-refractivity contribution in [3.05, 3.63) is 35.9 Å². The average molecular weight is 234 g/mol. The molecule has 0 aliphatic carbocycles. The second kappa shape index (κ2) is 5.68. The van der Waals surface area contributed by atoms with Gasteiger partial charge in [-0.2, -0.15) is 0 Å². The fourth-order valence-corrected chi connectivity index (χ4v) is 2.23. The predicted molar refractivity (Wildman–Crippen MR) is 65.4 cm³/mol. The highest BCUT2D eigenvalue weighted by Gasteiger charge is 2.22. The van der Waals surface area contributed by atoms with E-state index in [9.17, 15) is 4.79 Å². The van der Waals surface area contributed by atoms with E-state index in [0.717, 1.165) is 19.4 Å². The minimum atomic E-state index is -0.685. The van der Waals surface area contributed by atoms with Gasteiger partial charge in [0.2, 0.25) is 0 Å². The third-order valence-electron chi connectivity index (χ3n) is 3.18. The SMILES string of the molecule is NC(=O)OCC1CCC(c2ccccc2)NC1. The van der Waals surface area contributed by atoms with Crippen molar-refractivity contribution in [2.75, 3.05) is 13.2 Å². The van der Waals surface area contributed by atoms with E-state index in [-0.39, 0.29) is 0 Å². The van der Waals surface area contributed by atoms with Crippen molar-refractivity contribution in [3.8, 4) is 0 Å². The van der Waals surface area contributed by atoms with Crippen LogP contribution >= 0.6 is 0 Å². The van der Waals surface area contributed by atoms with E-state index >= 15 is 0 Å². The number of ether oxygens (including phenoxy) is 1. The summed E-state index contributed by atoms with van der Waals surface area (Å²) in [7, 11) is 0. The van der Waals surface area contributed by atoms with Crippen LogP contribution in [0, 0.1) is 5.92 Å². The number of carbonyl (C=O) groups excluding carboxylic acids is 1. The summed E-state index contributed by atoms with van der Waals surface area (Å²) in [6.07, 6.45) is 1.44. The summed E-state index contributed by atoms with van der Waals surface area (Å²) in [5.74, 6) is 0.377. The van der Waals surface area contributed by atoms with Crippen LogP contribution < -0.4 is 11.1 Å². The van der Waals surface area contributed by atoms with Crippen LogP contribution in [0.1, 0.15) is 24.4 Å². The van der Waals surface area contributed by atoms with Gasteiger partial charge in [-0.15, -0.1) is 0 Å². The molecule has 17 heavy (non-hydrogen) atoms. The summed E-state index contributed by atoms with van der Waals surface area (Å²) in [6, 6.07) is 10.8. The standard InChI is InChI=1S/C13H18N2O2/c14-13(16)17-9-10-6-7-12(15-8-10)11-4-2-1-3-5-11/h1-5,10,12,15H,6-9H2,(H2,14,16). The summed E-state index contributed by atoms with van der Waals surface area (Å²) < 4.78 is 4.82. The minimum Gasteiger partial charge on any atom is -0.449 e. The number of benzene rings is 1. The molecule has 0 bridgehead atoms. The van der Waals surface area contributed by atoms with Crippen LogP contribution in [0.5, 0.6) is 0 Å². The summed E-state index contributed by atoms with van der Waals surface area (Å²) in [5.41, 5.74) is 6.27. The second-order valence-corrected chi connectivity index (χ2v) is 4.44. The quantitative estimate of drug-likeness (QED) is 0.838. The van der Waals surface area contributed by atoms with E-state index in [4.69, 9.17) is 10.5 Å². The summed E-state index contributed by atoms with van der Waals surface area (Å²) in [6.45, 7) is 1.29. The molecule has 1 aliphatic rings. The number of hydrogen-bond acceptors (Lipinski definition) is 3. The van der Waals surface area contributed by atoms with Crippen LogP contribution in [0.2, 0.25) is 0 Å². The zero-order valence-electron chi connectivity index (χ0n) is 9.76. The third kappa shape index (κ3) is 3.46. The first-order valence-corrected chi connectivity index (χ1v) is 5.96. The van der Waals surface area contributed by atoms with Crippen molar-refractivity contribution >= 4 is 6.09 Å². The first-order valence-electron chi connectivity index (χ1n) is 5.96. The Hall–Kier alpha value is -1.55. The Labute approximate surface area is 101 Å². The Kier molecular flexibility index (Phi) is 3.98. The van der Waals surface area contributed by atoms with Crippen molar-refractivity contribution in [1.82, 2.24) is 5.32 Å². The van der Waals surface area contributed by atoms with Crippen LogP contribution in [-0.4, -0.2) is 19.2 Å². The maximum Gasteiger partial charge on any atom is 0.404 e. The number of hydrogen-bond donors (Lipinski definition) is 2. The number of rotatable bonds is 3. The molecule has 0 spiro atoms. The van der Waals surface area contributed by atoms with Gasteiger partial charge in [0.15, 0.2) is 0 Å². The zero-order chi connectivity index (χ0) is 12.1. The summed E-state index contributed by atoms with van der Waals surface area (Å²) >= 11 is 0. The molecule has 0 aromatic heterocycles. The Balaban J connectivity index is 1.80. The monoisotopic (exact) mass is 234 g/mol. The molecule has 4 heteroatoms. The van der Waals surface area contributed by atoms with Crippen LogP contribution in [0.3, 0.4) is 0 Å². The molecule has 2 atom stereocenters. The lowest BCUT2D eigenvalue weighted by Crippen LogP contribution is -2.36. The smallest absolute Gasteiger partial charge is 0.404 e. The topological polar surface area (TPSA) is 64.4 Å². The fourth-order valence-electron chi connectivity index (χ4n) is 2.23. The van der Waals surface area contributed by atoms with Gasteiger partial charge in [-0.3, -0.25) is 0 Å². The van der Waals surface area contributed by atoms with E-state index in [1.807, 2.05) is 6.07 Å². The molecular weight excluding hydrogens is 216 g/mol. The Morgan fingerprint density at radius 3 is 2.71 bits per heavy atom. The van der Waals surface area contributed by atoms with Gasteiger partial charge in [-0.25, -0.2) is 4.79 Å². The van der Waals surface area contributed by atoms with Gasteiger partial charge in [0, 0.05) is 18.5 Å². The van der Waals surface area contributed by atoms with Crippen LogP contribution in [0.25, 0.3) is 0 Å². The largest absolute Gasteiger partial charge is 0.449 e. The number of amides is 1. The van der Waals surface area contributed by atoms with Crippen molar-refractivity contribution in [2.45, 2.75) is 18.9 Å². The highest BCUT2D eigenvalue weighted by molar-refractivity contribution is 5.64. The van der Waals surface area contributed by atoms with Crippen molar-refractivity contribution in [3.63, 3.8) is 0 Å². The van der Waals surface area contributed by atoms with Crippen molar-refractivity contribution in [1.29, 1.82) is 0 Å². The first-order chi connectivity index (χ1) is 8.25. The molecule has 1 aromatic carbocycles. The van der Waals surface area contributed by atoms with Gasteiger partial charge in [0.25, 0.3) is 0 Å². The lowest BCUT2D eigenvalue weighted by Gasteiger charge is -2.29. The Morgan fingerprint density at radius 2 is 2.12 bits per heavy atom. The number of carbonyl (C=O) groups is 1. The minimum absolute atomic E-state index is 0.377. The van der Waals surface area contributed by atoms with Gasteiger partial charge in [0.05, 0.1) is 6.61 Å². The van der Waals surface area contributed by atoms with Crippen molar-refractivity contribution in [2.24, 2.45) is 11.7 Å². The Morgan fingerprint density at radius 1 is 1.35 bits per heavy atom. The predicted octanol–water partition coefficient (Wildman–Crippen LogP) is 1.82. The number of piperidine rings is 1. The second-order valence-electron chi connectivity index (χ2n) is 4.44. The lowest BCUT2D eigenvalue weighted by atomic mass is 9.91. The molecule has 4 nitrogen and oxygen atoms in total. The first kappa shape index (κ1) is 11.9. The van der Waals surface area contributed by atoms with Gasteiger partial charge >= 0.3 is 6.09 Å². The summed E-state index contributed by atoms with van der Waals surface area (Å²) in [5, 5.41) is 3.48. The maximum absolute atomic E-state index is 10.5. The van der Waals surface area contributed by atoms with Gasteiger partial charge in [-0.1, -0.05) is 30.3 Å². The number of nitrogens with two attached hydrogens (primary N) is 1. The van der Waals surface area contributed by atoms with Crippen LogP contribution in [0.15, 0.2) is 30.3 Å². The Bertz CT molecular complexity index is 359. The average Bonchev–Trinajstić information content (AvgIpc) is 2.38. The number of nitrogens with one attached hydrogen (secondary N) is 1. The fraction of sp³-hybridized carbons (Fsp3) is 0.462. The number of primary amides is 1. The molecule has 1 amide bonds. The molecule has 1 aliphatic heterocycles. The molecule has 1 saturated heterocycles. The highest BCUT2D eigenvalue weighted by Crippen LogP contribution is 2.25. The van der Waals surface area contributed by atoms with E-state index < -0.39 is 6.09 Å². The molecule has 1 fully saturated rings. The van der Waals surface area contributed by atoms with Gasteiger partial charge in [-0.05, 0) is 18.4 Å². The van der Waals surface area contributed by atoms with Gasteiger partial charge < -0.3 is 15.8 Å². The molecule has 2 rings (SSSR count). The molecule has 1 aromatic rings.